The van der Waals surface area contributed by atoms with E-state index in [2.05, 4.69) is 13.6 Å². The van der Waals surface area contributed by atoms with Crippen molar-refractivity contribution in [2.24, 2.45) is 0 Å². The lowest BCUT2D eigenvalue weighted by atomic mass is 10.1. The van der Waals surface area contributed by atoms with E-state index in [0.29, 0.717) is 0 Å². The largest absolute Gasteiger partial charge is 0.798 e. The summed E-state index contributed by atoms with van der Waals surface area (Å²) < 4.78 is 66.7. The van der Waals surface area contributed by atoms with Crippen molar-refractivity contribution in [1.82, 2.24) is 19.1 Å². The second kappa shape index (κ2) is 13.7. The standard InChI is InChI=1S/C18H21N5O16P3/c19-9-1-3-22(17(29)20-9)15-13(27)11(25)7(36-15)5-34-40(31)38-42(33)39-41(32)35-6-8-12(26)14(28)16(37-8)23-4-2-10(24)21-18(23)30/h1-4,7-8,11-16,25-28H,5-6H2,(H-2,19,20,21,24,29,30)/q+1/p+2/t7-,8+,11-,12+,13-,14+,15-,16+/m0/s1. The number of aliphatic hydroxyl groups excluding tert-OH is 4. The number of nitrogens with zero attached hydrogens (tertiary/aromatic N) is 3. The van der Waals surface area contributed by atoms with E-state index in [0.717, 1.165) is 21.4 Å². The summed E-state index contributed by atoms with van der Waals surface area (Å²) in [5, 5.41) is 40.7. The summed E-state index contributed by atoms with van der Waals surface area (Å²) in [5.41, 5.74) is 2.90. The molecule has 2 aliphatic heterocycles. The highest BCUT2D eigenvalue weighted by Gasteiger charge is 2.53. The maximum Gasteiger partial charge on any atom is 0.798 e. The number of anilines is 1. The first-order valence-electron chi connectivity index (χ1n) is 11.6. The molecule has 2 aromatic heterocycles. The Hall–Kier alpha value is -2.74. The van der Waals surface area contributed by atoms with Crippen LogP contribution in [-0.4, -0.2) is 89.4 Å². The van der Waals surface area contributed by atoms with E-state index in [1.165, 1.54) is 12.3 Å². The van der Waals surface area contributed by atoms with Gasteiger partial charge in [-0.15, -0.1) is 9.05 Å². The quantitative estimate of drug-likeness (QED) is 0.130. The molecule has 24 heteroatoms. The number of nitrogens with two attached hydrogens (primary N) is 1. The minimum atomic E-state index is -3.37. The van der Waals surface area contributed by atoms with Crippen molar-refractivity contribution in [2.45, 2.75) is 49.1 Å². The molecule has 3 unspecified atom stereocenters. The predicted octanol–water partition coefficient (Wildman–Crippen LogP) is -2.35. The van der Waals surface area contributed by atoms with Crippen molar-refractivity contribution in [3.8, 4) is 0 Å². The Labute approximate surface area is 235 Å². The molecule has 21 nitrogen and oxygen atoms in total. The van der Waals surface area contributed by atoms with E-state index in [-0.39, 0.29) is 5.82 Å². The third kappa shape index (κ3) is 7.42. The summed E-state index contributed by atoms with van der Waals surface area (Å²) in [4.78, 5) is 40.5. The van der Waals surface area contributed by atoms with Crippen LogP contribution in [0.1, 0.15) is 12.5 Å². The molecule has 11 atom stereocenters. The molecule has 2 aromatic rings. The van der Waals surface area contributed by atoms with Crippen LogP contribution in [0.3, 0.4) is 0 Å². The van der Waals surface area contributed by atoms with Gasteiger partial charge in [0.2, 0.25) is 0 Å². The third-order valence-electron chi connectivity index (χ3n) is 5.88. The molecule has 0 amide bonds. The van der Waals surface area contributed by atoms with Gasteiger partial charge >= 0.3 is 36.1 Å². The first kappa shape index (κ1) is 32.2. The zero-order chi connectivity index (χ0) is 30.7. The van der Waals surface area contributed by atoms with Crippen molar-refractivity contribution < 1.29 is 61.3 Å². The fourth-order valence-corrected chi connectivity index (χ4v) is 6.05. The Morgan fingerprint density at radius 1 is 0.810 bits per heavy atom. The molecule has 0 bridgehead atoms. The molecule has 0 aliphatic carbocycles. The molecular formula is C18H23N5O16P3+3. The van der Waals surface area contributed by atoms with Gasteiger partial charge in [0.1, 0.15) is 55.7 Å². The smallest absolute Gasteiger partial charge is 0.387 e. The van der Waals surface area contributed by atoms with Gasteiger partial charge in [-0.25, -0.2) is 9.59 Å². The number of nitrogens with one attached hydrogen (secondary N) is 1. The average Bonchev–Trinajstić information content (AvgIpc) is 3.36. The van der Waals surface area contributed by atoms with Crippen LogP contribution in [0, 0.1) is 0 Å². The van der Waals surface area contributed by atoms with E-state index in [1.807, 2.05) is 4.98 Å². The summed E-state index contributed by atoms with van der Waals surface area (Å²) >= 11 is 0. The number of aliphatic hydroxyl groups is 4. The second-order valence-corrected chi connectivity index (χ2v) is 11.7. The summed E-state index contributed by atoms with van der Waals surface area (Å²) in [6, 6.07) is 2.23. The maximum absolute atomic E-state index is 12.0. The van der Waals surface area contributed by atoms with E-state index < -0.39 is 104 Å². The molecule has 0 aromatic carbocycles. The number of rotatable bonds is 12. The van der Waals surface area contributed by atoms with Gasteiger partial charge in [0.05, 0.1) is 0 Å². The van der Waals surface area contributed by atoms with Gasteiger partial charge in [-0.3, -0.25) is 18.9 Å². The molecule has 2 saturated heterocycles. The van der Waals surface area contributed by atoms with Crippen molar-refractivity contribution in [3.05, 3.63) is 55.8 Å². The molecule has 7 N–H and O–H groups in total. The number of hydrogen-bond donors (Lipinski definition) is 6. The monoisotopic (exact) mass is 658 g/mol. The molecule has 4 rings (SSSR count). The zero-order valence-corrected chi connectivity index (χ0v) is 23.5. The highest BCUT2D eigenvalue weighted by Crippen LogP contribution is 2.47. The van der Waals surface area contributed by atoms with Gasteiger partial charge in [0.15, 0.2) is 21.1 Å². The van der Waals surface area contributed by atoms with Crippen LogP contribution in [0.4, 0.5) is 5.82 Å². The highest BCUT2D eigenvalue weighted by molar-refractivity contribution is 7.53. The van der Waals surface area contributed by atoms with Gasteiger partial charge in [0.25, 0.3) is 5.56 Å². The van der Waals surface area contributed by atoms with E-state index >= 15 is 0 Å². The van der Waals surface area contributed by atoms with Crippen molar-refractivity contribution in [2.75, 3.05) is 18.9 Å². The maximum atomic E-state index is 12.0. The van der Waals surface area contributed by atoms with Crippen molar-refractivity contribution in [3.63, 3.8) is 0 Å². The first-order chi connectivity index (χ1) is 19.8. The molecule has 2 fully saturated rings. The summed E-state index contributed by atoms with van der Waals surface area (Å²) in [6.45, 7) is -1.37. The molecular weight excluding hydrogens is 635 g/mol. The van der Waals surface area contributed by atoms with Crippen LogP contribution in [0.2, 0.25) is 0 Å². The Morgan fingerprint density at radius 3 is 1.81 bits per heavy atom. The lowest BCUT2D eigenvalue weighted by Crippen LogP contribution is -2.37. The third-order valence-corrected chi connectivity index (χ3v) is 8.73. The topological polar surface area (TPSA) is 303 Å². The Bertz CT molecular complexity index is 1520. The zero-order valence-electron chi connectivity index (χ0n) is 20.8. The van der Waals surface area contributed by atoms with Crippen LogP contribution in [0.15, 0.2) is 38.9 Å². The molecule has 42 heavy (non-hydrogen) atoms. The van der Waals surface area contributed by atoms with E-state index in [9.17, 15) is 48.5 Å². The summed E-state index contributed by atoms with van der Waals surface area (Å²) in [7, 11) is -9.81. The van der Waals surface area contributed by atoms with Crippen LogP contribution < -0.4 is 22.7 Å². The Balaban J connectivity index is 1.21. The molecule has 228 valence electrons. The second-order valence-electron chi connectivity index (χ2n) is 8.58. The van der Waals surface area contributed by atoms with Gasteiger partial charge in [-0.1, -0.05) is 0 Å². The van der Waals surface area contributed by atoms with Crippen LogP contribution in [-0.2, 0) is 40.8 Å². The minimum absolute atomic E-state index is 0.0840. The number of nitrogen functional groups attached to an aromatic ring is 1. The van der Waals surface area contributed by atoms with Crippen LogP contribution in [0.25, 0.3) is 0 Å². The molecule has 0 spiro atoms. The number of aromatic amines is 1. The summed E-state index contributed by atoms with van der Waals surface area (Å²) in [6.07, 6.45) is -9.78. The predicted molar refractivity (Wildman–Crippen MR) is 133 cm³/mol. The SMILES string of the molecule is Nc1ccn([C@H]2O[C@@H](CO[P+](=O)O[P+](=O)O[P+](=O)OC[C@H]3O[C@@H](n4ccc(=O)[nH]c4=O)[C@H](O)[C@@H]3O)[C@H](O)[C@@H]2O)c(=O)n1. The van der Waals surface area contributed by atoms with Crippen LogP contribution in [0.5, 0.6) is 0 Å². The normalized spacial score (nSPS) is 30.3. The summed E-state index contributed by atoms with van der Waals surface area (Å²) in [5.74, 6) is -0.0840. The van der Waals surface area contributed by atoms with Gasteiger partial charge in [-0.05, 0) is 6.07 Å². The first-order valence-corrected chi connectivity index (χ1v) is 14.9. The fraction of sp³-hybridized carbons (Fsp3) is 0.556. The minimum Gasteiger partial charge on any atom is -0.387 e. The fourth-order valence-electron chi connectivity index (χ4n) is 3.88. The van der Waals surface area contributed by atoms with Gasteiger partial charge in [-0.2, -0.15) is 4.98 Å². The highest BCUT2D eigenvalue weighted by atomic mass is 31.2. The number of H-pyrrole nitrogens is 1. The Kier molecular flexibility index (Phi) is 10.5. The van der Waals surface area contributed by atoms with E-state index in [1.54, 1.807) is 0 Å². The number of ether oxygens (including phenoxy) is 2. The van der Waals surface area contributed by atoms with Crippen LogP contribution >= 0.6 is 24.8 Å². The number of aromatic nitrogens is 4. The molecule has 0 radical (unpaired) electrons. The van der Waals surface area contributed by atoms with Gasteiger partial charge < -0.3 is 35.6 Å². The van der Waals surface area contributed by atoms with E-state index in [4.69, 9.17) is 24.3 Å². The lowest BCUT2D eigenvalue weighted by Gasteiger charge is -2.16. The molecule has 4 heterocycles. The number of hydrogen-bond acceptors (Lipinski definition) is 18. The van der Waals surface area contributed by atoms with Crippen molar-refractivity contribution >= 4 is 30.6 Å². The Morgan fingerprint density at radius 2 is 1.31 bits per heavy atom. The average molecular weight is 658 g/mol. The molecule has 0 saturated carbocycles. The lowest BCUT2D eigenvalue weighted by molar-refractivity contribution is -0.0518. The van der Waals surface area contributed by atoms with Gasteiger partial charge in [0, 0.05) is 32.2 Å². The van der Waals surface area contributed by atoms with Crippen molar-refractivity contribution in [1.29, 1.82) is 0 Å². The molecule has 2 aliphatic rings.